The van der Waals surface area contributed by atoms with Gasteiger partial charge in [-0.3, -0.25) is 4.79 Å². The van der Waals surface area contributed by atoms with Crippen LogP contribution in [0.15, 0.2) is 12.1 Å². The van der Waals surface area contributed by atoms with Crippen LogP contribution in [0.2, 0.25) is 0 Å². The molecule has 0 aliphatic heterocycles. The van der Waals surface area contributed by atoms with Crippen LogP contribution >= 0.6 is 0 Å². The molecule has 0 bridgehead atoms. The Bertz CT molecular complexity index is 553. The zero-order chi connectivity index (χ0) is 14.9. The number of anilines is 2. The van der Waals surface area contributed by atoms with Crippen molar-refractivity contribution in [3.8, 4) is 0 Å². The van der Waals surface area contributed by atoms with Crippen molar-refractivity contribution in [3.05, 3.63) is 23.3 Å². The van der Waals surface area contributed by atoms with E-state index in [-0.39, 0.29) is 17.2 Å². The molecule has 1 fully saturated rings. The Morgan fingerprint density at radius 1 is 1.40 bits per heavy atom. The van der Waals surface area contributed by atoms with Gasteiger partial charge in [0.05, 0.1) is 5.56 Å². The third-order valence-electron chi connectivity index (χ3n) is 3.32. The average molecular weight is 277 g/mol. The number of carboxylic acids is 1. The van der Waals surface area contributed by atoms with Gasteiger partial charge >= 0.3 is 5.97 Å². The maximum atomic E-state index is 11.9. The second kappa shape index (κ2) is 5.40. The van der Waals surface area contributed by atoms with Crippen LogP contribution in [0, 0.1) is 6.92 Å². The van der Waals surface area contributed by atoms with E-state index in [0.717, 1.165) is 12.8 Å². The molecule has 1 aliphatic carbocycles. The number of aromatic carboxylic acids is 1. The summed E-state index contributed by atoms with van der Waals surface area (Å²) < 4.78 is 0. The van der Waals surface area contributed by atoms with E-state index in [9.17, 15) is 9.59 Å². The highest BCUT2D eigenvalue weighted by molar-refractivity contribution is 5.96. The summed E-state index contributed by atoms with van der Waals surface area (Å²) in [5.74, 6) is -1.16. The standard InChI is InChI=1S/C14H19N3O3/c1-7-5-10(6-11(12(7)15)14(19)20)16-8(2)13(18)17-9-3-4-9/h5-6,8-9,16H,3-4,15H2,1-2H3,(H,17,18)(H,19,20). The number of nitrogens with two attached hydrogens (primary N) is 1. The molecule has 20 heavy (non-hydrogen) atoms. The lowest BCUT2D eigenvalue weighted by atomic mass is 10.1. The number of benzene rings is 1. The van der Waals surface area contributed by atoms with E-state index in [1.165, 1.54) is 6.07 Å². The second-order valence-electron chi connectivity index (χ2n) is 5.21. The number of carbonyl (C=O) groups excluding carboxylic acids is 1. The van der Waals surface area contributed by atoms with E-state index >= 15 is 0 Å². The normalized spacial score (nSPS) is 15.5. The Morgan fingerprint density at radius 2 is 2.05 bits per heavy atom. The number of aryl methyl sites for hydroxylation is 1. The Hall–Kier alpha value is -2.24. The van der Waals surface area contributed by atoms with Crippen LogP contribution < -0.4 is 16.4 Å². The molecule has 1 saturated carbocycles. The summed E-state index contributed by atoms with van der Waals surface area (Å²) in [4.78, 5) is 23.0. The first-order valence-corrected chi connectivity index (χ1v) is 6.59. The van der Waals surface area contributed by atoms with Crippen molar-refractivity contribution in [3.63, 3.8) is 0 Å². The van der Waals surface area contributed by atoms with Crippen molar-refractivity contribution in [2.75, 3.05) is 11.1 Å². The molecular formula is C14H19N3O3. The summed E-state index contributed by atoms with van der Waals surface area (Å²) in [6.07, 6.45) is 2.06. The molecule has 1 unspecified atom stereocenters. The van der Waals surface area contributed by atoms with Gasteiger partial charge in [-0.15, -0.1) is 0 Å². The fraction of sp³-hybridized carbons (Fsp3) is 0.429. The number of rotatable bonds is 5. The van der Waals surface area contributed by atoms with Gasteiger partial charge in [0.25, 0.3) is 0 Å². The topological polar surface area (TPSA) is 104 Å². The summed E-state index contributed by atoms with van der Waals surface area (Å²) in [7, 11) is 0. The number of amides is 1. The van der Waals surface area contributed by atoms with E-state index in [1.807, 2.05) is 0 Å². The first-order valence-electron chi connectivity index (χ1n) is 6.59. The second-order valence-corrected chi connectivity index (χ2v) is 5.21. The minimum Gasteiger partial charge on any atom is -0.478 e. The van der Waals surface area contributed by atoms with Crippen LogP contribution in [0.3, 0.4) is 0 Å². The van der Waals surface area contributed by atoms with Crippen molar-refractivity contribution < 1.29 is 14.7 Å². The number of hydrogen-bond donors (Lipinski definition) is 4. The molecule has 1 aromatic rings. The molecule has 1 amide bonds. The number of hydrogen-bond acceptors (Lipinski definition) is 4. The van der Waals surface area contributed by atoms with E-state index in [1.54, 1.807) is 19.9 Å². The average Bonchev–Trinajstić information content (AvgIpc) is 3.16. The highest BCUT2D eigenvalue weighted by atomic mass is 16.4. The summed E-state index contributed by atoms with van der Waals surface area (Å²) in [6, 6.07) is 3.06. The fourth-order valence-electron chi connectivity index (χ4n) is 1.93. The van der Waals surface area contributed by atoms with Crippen LogP contribution in [0.4, 0.5) is 11.4 Å². The first kappa shape index (κ1) is 14.2. The predicted molar refractivity (Wildman–Crippen MR) is 76.8 cm³/mol. The molecule has 0 aromatic heterocycles. The summed E-state index contributed by atoms with van der Waals surface area (Å²) in [5, 5.41) is 15.0. The molecular weight excluding hydrogens is 258 g/mol. The molecule has 1 aliphatic rings. The molecule has 0 heterocycles. The Labute approximate surface area is 117 Å². The van der Waals surface area contributed by atoms with Crippen LogP contribution in [0.5, 0.6) is 0 Å². The summed E-state index contributed by atoms with van der Waals surface area (Å²) in [5.41, 5.74) is 7.27. The molecule has 1 atom stereocenters. The van der Waals surface area contributed by atoms with E-state index in [0.29, 0.717) is 17.3 Å². The molecule has 0 saturated heterocycles. The highest BCUT2D eigenvalue weighted by Crippen LogP contribution is 2.24. The summed E-state index contributed by atoms with van der Waals surface area (Å²) >= 11 is 0. The molecule has 0 radical (unpaired) electrons. The molecule has 1 aromatic carbocycles. The van der Waals surface area contributed by atoms with Gasteiger partial charge in [-0.2, -0.15) is 0 Å². The summed E-state index contributed by atoms with van der Waals surface area (Å²) in [6.45, 7) is 3.48. The van der Waals surface area contributed by atoms with Crippen molar-refractivity contribution in [2.24, 2.45) is 0 Å². The SMILES string of the molecule is Cc1cc(NC(C)C(=O)NC2CC2)cc(C(=O)O)c1N. The molecule has 6 heteroatoms. The minimum absolute atomic E-state index is 0.0438. The molecule has 2 rings (SSSR count). The number of nitrogen functional groups attached to an aromatic ring is 1. The molecule has 5 N–H and O–H groups in total. The smallest absolute Gasteiger partial charge is 0.337 e. The van der Waals surface area contributed by atoms with Gasteiger partial charge in [-0.05, 0) is 44.4 Å². The zero-order valence-electron chi connectivity index (χ0n) is 11.6. The maximum absolute atomic E-state index is 11.9. The largest absolute Gasteiger partial charge is 0.478 e. The molecule has 108 valence electrons. The predicted octanol–water partition coefficient (Wildman–Crippen LogP) is 1.35. The minimum atomic E-state index is -1.08. The van der Waals surface area contributed by atoms with Crippen LogP contribution in [-0.2, 0) is 4.79 Å². The fourth-order valence-corrected chi connectivity index (χ4v) is 1.93. The first-order chi connectivity index (χ1) is 9.38. The third kappa shape index (κ3) is 3.20. The van der Waals surface area contributed by atoms with Crippen LogP contribution in [-0.4, -0.2) is 29.1 Å². The Balaban J connectivity index is 2.11. The van der Waals surface area contributed by atoms with E-state index in [2.05, 4.69) is 10.6 Å². The van der Waals surface area contributed by atoms with Gasteiger partial charge in [-0.1, -0.05) is 0 Å². The number of carbonyl (C=O) groups is 2. The van der Waals surface area contributed by atoms with Crippen molar-refractivity contribution in [1.29, 1.82) is 0 Å². The lowest BCUT2D eigenvalue weighted by Crippen LogP contribution is -2.38. The van der Waals surface area contributed by atoms with Gasteiger partial charge in [0.15, 0.2) is 0 Å². The van der Waals surface area contributed by atoms with Gasteiger partial charge in [0, 0.05) is 17.4 Å². The lowest BCUT2D eigenvalue weighted by Gasteiger charge is -2.17. The van der Waals surface area contributed by atoms with E-state index < -0.39 is 12.0 Å². The van der Waals surface area contributed by atoms with Crippen LogP contribution in [0.25, 0.3) is 0 Å². The maximum Gasteiger partial charge on any atom is 0.337 e. The van der Waals surface area contributed by atoms with Gasteiger partial charge in [-0.25, -0.2) is 4.79 Å². The van der Waals surface area contributed by atoms with Crippen molar-refractivity contribution in [2.45, 2.75) is 38.8 Å². The van der Waals surface area contributed by atoms with Gasteiger partial charge < -0.3 is 21.5 Å². The molecule has 6 nitrogen and oxygen atoms in total. The number of carboxylic acid groups (broad SMARTS) is 1. The number of nitrogens with one attached hydrogen (secondary N) is 2. The monoisotopic (exact) mass is 277 g/mol. The highest BCUT2D eigenvalue weighted by Gasteiger charge is 2.25. The van der Waals surface area contributed by atoms with Crippen LogP contribution in [0.1, 0.15) is 35.7 Å². The van der Waals surface area contributed by atoms with Gasteiger partial charge in [0.2, 0.25) is 5.91 Å². The lowest BCUT2D eigenvalue weighted by molar-refractivity contribution is -0.121. The van der Waals surface area contributed by atoms with Crippen molar-refractivity contribution in [1.82, 2.24) is 5.32 Å². The zero-order valence-corrected chi connectivity index (χ0v) is 11.6. The van der Waals surface area contributed by atoms with Gasteiger partial charge in [0.1, 0.15) is 6.04 Å². The molecule has 0 spiro atoms. The Morgan fingerprint density at radius 3 is 2.60 bits per heavy atom. The van der Waals surface area contributed by atoms with Crippen molar-refractivity contribution >= 4 is 23.3 Å². The van der Waals surface area contributed by atoms with E-state index in [4.69, 9.17) is 10.8 Å². The Kier molecular flexibility index (Phi) is 3.83. The third-order valence-corrected chi connectivity index (χ3v) is 3.32. The quantitative estimate of drug-likeness (QED) is 0.608.